The van der Waals surface area contributed by atoms with Crippen molar-refractivity contribution in [2.45, 2.75) is 43.8 Å². The maximum atomic E-state index is 13.3. The highest BCUT2D eigenvalue weighted by Gasteiger charge is 2.65. The molecule has 1 aliphatic heterocycles. The molecule has 1 fully saturated rings. The first kappa shape index (κ1) is 27.5. The van der Waals surface area contributed by atoms with Crippen molar-refractivity contribution in [2.24, 2.45) is 16.3 Å². The molecule has 36 heavy (non-hydrogen) atoms. The summed E-state index contributed by atoms with van der Waals surface area (Å²) in [6, 6.07) is 3.23. The number of benzene rings is 1. The number of hydrogen-bond acceptors (Lipinski definition) is 6. The zero-order valence-electron chi connectivity index (χ0n) is 19.9. The van der Waals surface area contributed by atoms with Crippen LogP contribution in [0.5, 0.6) is 0 Å². The number of pyridine rings is 1. The maximum absolute atomic E-state index is 13.3. The molecular weight excluding hydrogens is 511 g/mol. The molecule has 0 bridgehead atoms. The zero-order valence-corrected chi connectivity index (χ0v) is 20.7. The van der Waals surface area contributed by atoms with Crippen molar-refractivity contribution in [1.82, 2.24) is 9.88 Å². The van der Waals surface area contributed by atoms with E-state index in [-0.39, 0.29) is 47.7 Å². The molecule has 2 heterocycles. The largest absolute Gasteiger partial charge is 0.444 e. The van der Waals surface area contributed by atoms with E-state index < -0.39 is 37.8 Å². The first-order valence-electron chi connectivity index (χ1n) is 10.6. The summed E-state index contributed by atoms with van der Waals surface area (Å²) in [6.45, 7) is 6.41. The van der Waals surface area contributed by atoms with E-state index in [4.69, 9.17) is 15.7 Å². The van der Waals surface area contributed by atoms with Gasteiger partial charge in [0, 0.05) is 42.0 Å². The molecule has 1 aromatic carbocycles. The number of oxime groups is 1. The van der Waals surface area contributed by atoms with Crippen LogP contribution >= 0.6 is 10.2 Å². The van der Waals surface area contributed by atoms with E-state index in [0.29, 0.717) is 0 Å². The number of carbonyl (C=O) groups is 1. The van der Waals surface area contributed by atoms with Gasteiger partial charge in [-0.05, 0) is 44.5 Å². The summed E-state index contributed by atoms with van der Waals surface area (Å²) in [4.78, 5) is 15.6. The van der Waals surface area contributed by atoms with Crippen molar-refractivity contribution >= 4 is 22.2 Å². The van der Waals surface area contributed by atoms with Crippen LogP contribution in [0.2, 0.25) is 0 Å². The van der Waals surface area contributed by atoms with E-state index in [0.717, 1.165) is 12.1 Å². The third kappa shape index (κ3) is 5.19. The predicted molar refractivity (Wildman–Crippen MR) is 123 cm³/mol. The van der Waals surface area contributed by atoms with Crippen molar-refractivity contribution in [3.05, 3.63) is 59.4 Å². The Balaban J connectivity index is 2.11. The monoisotopic (exact) mass is 538 g/mol. The van der Waals surface area contributed by atoms with Gasteiger partial charge < -0.3 is 25.7 Å². The molecule has 0 saturated carbocycles. The highest BCUT2D eigenvalue weighted by atomic mass is 32.5. The lowest BCUT2D eigenvalue weighted by atomic mass is 9.62. The minimum absolute atomic E-state index is 0.0260. The van der Waals surface area contributed by atoms with Crippen LogP contribution in [0.1, 0.15) is 44.4 Å². The van der Waals surface area contributed by atoms with Gasteiger partial charge in [0.1, 0.15) is 16.1 Å². The fourth-order valence-electron chi connectivity index (χ4n) is 4.13. The zero-order chi connectivity index (χ0) is 27.4. The number of aliphatic hydroxyl groups is 1. The summed E-state index contributed by atoms with van der Waals surface area (Å²) in [6.07, 6.45) is 1.78. The number of hydrogen-bond donors (Lipinski definition) is 3. The molecule has 2 aromatic rings. The molecule has 0 radical (unpaired) electrons. The van der Waals surface area contributed by atoms with Gasteiger partial charge in [0.15, 0.2) is 5.84 Å². The number of likely N-dealkylation sites (tertiary alicyclic amines) is 1. The number of rotatable bonds is 5. The third-order valence-electron chi connectivity index (χ3n) is 5.88. The highest BCUT2D eigenvalue weighted by molar-refractivity contribution is 8.45. The Kier molecular flexibility index (Phi) is 5.86. The summed E-state index contributed by atoms with van der Waals surface area (Å²) in [7, 11) is -9.95. The van der Waals surface area contributed by atoms with Gasteiger partial charge in [0.05, 0.1) is 0 Å². The lowest BCUT2D eigenvalue weighted by molar-refractivity contribution is -0.131. The molecule has 14 heteroatoms. The lowest BCUT2D eigenvalue weighted by Crippen LogP contribution is -2.66. The van der Waals surface area contributed by atoms with E-state index in [1.165, 1.54) is 23.4 Å². The topological polar surface area (TPSA) is 121 Å². The van der Waals surface area contributed by atoms with Crippen LogP contribution in [0.25, 0.3) is 0 Å². The van der Waals surface area contributed by atoms with Crippen molar-refractivity contribution in [3.63, 3.8) is 0 Å². The molecule has 1 aromatic heterocycles. The fraction of sp³-hybridized carbons (Fsp3) is 0.409. The van der Waals surface area contributed by atoms with Gasteiger partial charge in [-0.15, -0.1) is 0 Å². The van der Waals surface area contributed by atoms with Crippen LogP contribution in [0.15, 0.2) is 52.8 Å². The van der Waals surface area contributed by atoms with Crippen LogP contribution in [-0.4, -0.2) is 50.8 Å². The molecule has 0 aliphatic carbocycles. The van der Waals surface area contributed by atoms with Crippen molar-refractivity contribution in [2.75, 3.05) is 13.1 Å². The Morgan fingerprint density at radius 2 is 1.67 bits per heavy atom. The molecule has 1 saturated heterocycles. The Morgan fingerprint density at radius 3 is 2.14 bits per heavy atom. The summed E-state index contributed by atoms with van der Waals surface area (Å²) >= 11 is 0. The van der Waals surface area contributed by atoms with Crippen LogP contribution in [-0.2, 0) is 10.3 Å². The molecule has 1 unspecified atom stereocenters. The van der Waals surface area contributed by atoms with E-state index in [9.17, 15) is 29.3 Å². The second-order valence-corrected chi connectivity index (χ2v) is 12.5. The second-order valence-electron chi connectivity index (χ2n) is 10.0. The number of nitrogens with two attached hydrogens (primary N) is 1. The molecule has 1 aliphatic rings. The van der Waals surface area contributed by atoms with E-state index in [1.807, 2.05) is 0 Å². The van der Waals surface area contributed by atoms with E-state index >= 15 is 0 Å². The van der Waals surface area contributed by atoms with Crippen molar-refractivity contribution in [1.29, 1.82) is 0 Å². The molecule has 4 N–H and O–H groups in total. The van der Waals surface area contributed by atoms with Crippen LogP contribution < -0.4 is 5.73 Å². The predicted octanol–water partition coefficient (Wildman–Crippen LogP) is 5.33. The Bertz CT molecular complexity index is 1210. The molecule has 8 nitrogen and oxygen atoms in total. The summed E-state index contributed by atoms with van der Waals surface area (Å²) in [5, 5.41) is 23.9. The first-order valence-corrected chi connectivity index (χ1v) is 12.5. The minimum atomic E-state index is -9.95. The lowest BCUT2D eigenvalue weighted by Gasteiger charge is -2.56. The molecule has 0 spiro atoms. The van der Waals surface area contributed by atoms with E-state index in [2.05, 4.69) is 10.1 Å². The van der Waals surface area contributed by atoms with Gasteiger partial charge in [-0.2, -0.15) is 0 Å². The molecule has 200 valence electrons. The second kappa shape index (κ2) is 7.68. The fourth-order valence-corrected chi connectivity index (χ4v) is 4.78. The van der Waals surface area contributed by atoms with E-state index in [1.54, 1.807) is 27.7 Å². The van der Waals surface area contributed by atoms with Gasteiger partial charge in [-0.1, -0.05) is 43.6 Å². The number of aromatic nitrogens is 1. The Hall–Kier alpha value is -3.13. The maximum Gasteiger partial charge on any atom is 0.410 e. The number of carbonyl (C=O) groups excluding carboxylic acids is 1. The van der Waals surface area contributed by atoms with Crippen molar-refractivity contribution in [3.8, 4) is 0 Å². The number of amides is 1. The molecule has 3 rings (SSSR count). The molecule has 1 atom stereocenters. The Morgan fingerprint density at radius 1 is 1.11 bits per heavy atom. The van der Waals surface area contributed by atoms with Gasteiger partial charge >= 0.3 is 16.3 Å². The molecule has 1 amide bonds. The third-order valence-corrected chi connectivity index (χ3v) is 7.04. The van der Waals surface area contributed by atoms with Crippen LogP contribution in [0.3, 0.4) is 0 Å². The average molecular weight is 539 g/mol. The normalized spacial score (nSPS) is 19.9. The molecular formula is C22H27F5N4O4S. The summed E-state index contributed by atoms with van der Waals surface area (Å²) in [5.41, 5.74) is 1.45. The number of halogens is 5. The van der Waals surface area contributed by atoms with Crippen LogP contribution in [0.4, 0.5) is 24.2 Å². The number of nitrogens with zero attached hydrogens (tertiary/aromatic N) is 3. The van der Waals surface area contributed by atoms with Crippen LogP contribution in [0, 0.1) is 5.41 Å². The first-order chi connectivity index (χ1) is 16.1. The van der Waals surface area contributed by atoms with Gasteiger partial charge in [0.25, 0.3) is 0 Å². The number of amidine groups is 1. The minimum Gasteiger partial charge on any atom is -0.444 e. The summed E-state index contributed by atoms with van der Waals surface area (Å²) < 4.78 is 71.8. The summed E-state index contributed by atoms with van der Waals surface area (Å²) in [5.74, 6) is -0.350. The van der Waals surface area contributed by atoms with Crippen molar-refractivity contribution < 1.29 is 39.3 Å². The Labute approximate surface area is 204 Å². The SMILES string of the molecule is CC(C)(C)OC(=O)N1CC(C)(C(O)(c2ccc(S(F)(F)(F)(F)F)cc2)c2cncc(C(N)=NO)c2)C1. The van der Waals surface area contributed by atoms with Gasteiger partial charge in [-0.25, -0.2) is 4.79 Å². The van der Waals surface area contributed by atoms with Gasteiger partial charge in [0.2, 0.25) is 0 Å². The standard InChI is InChI=1S/C22H27F5N4O4S/c1-20(2,3)35-19(32)31-12-21(4,13-31)22(33,16-9-14(10-29-11-16)18(28)30-34)15-5-7-17(8-6-15)36(23,24,25,26)27/h5-11,33-34H,12-13H2,1-4H3,(H2,28,30). The smallest absolute Gasteiger partial charge is 0.410 e. The number of ether oxygens (including phenoxy) is 1. The average Bonchev–Trinajstić information content (AvgIpc) is 2.73. The highest BCUT2D eigenvalue weighted by Crippen LogP contribution is 3.02. The quantitative estimate of drug-likeness (QED) is 0.156. The van der Waals surface area contributed by atoms with Gasteiger partial charge in [-0.3, -0.25) is 4.98 Å².